The quantitative estimate of drug-likeness (QED) is 0.315. The standard InChI is InChI=1S/C24H19F5N6O2/c1-35-9-16(24(27,28)29)33-22(35)18-14(25)7-12(8-15(18)26)10-37-17-5-6-30-21(34-17)19-20(13-3-4-13)31-11-32-23(19)36-2/h5-9,11,13H,3-4,10H2,1-2H3. The van der Waals surface area contributed by atoms with E-state index in [9.17, 15) is 22.0 Å². The number of ether oxygens (including phenoxy) is 2. The van der Waals surface area contributed by atoms with Gasteiger partial charge in [-0.15, -0.1) is 0 Å². The Labute approximate surface area is 207 Å². The van der Waals surface area contributed by atoms with E-state index in [0.29, 0.717) is 17.6 Å². The molecule has 0 spiro atoms. The summed E-state index contributed by atoms with van der Waals surface area (Å²) in [6.45, 7) is -0.267. The molecule has 4 aromatic rings. The van der Waals surface area contributed by atoms with E-state index in [-0.39, 0.29) is 29.8 Å². The molecule has 3 aromatic heterocycles. The number of imidazole rings is 1. The maximum atomic E-state index is 14.8. The second kappa shape index (κ2) is 9.37. The van der Waals surface area contributed by atoms with Crippen LogP contribution in [0.25, 0.3) is 22.8 Å². The Balaban J connectivity index is 1.39. The molecule has 1 saturated carbocycles. The molecule has 5 rings (SSSR count). The monoisotopic (exact) mass is 518 g/mol. The highest BCUT2D eigenvalue weighted by Gasteiger charge is 2.35. The van der Waals surface area contributed by atoms with E-state index in [1.165, 1.54) is 32.7 Å². The van der Waals surface area contributed by atoms with Crippen LogP contribution in [-0.4, -0.2) is 36.6 Å². The topological polar surface area (TPSA) is 87.8 Å². The number of methoxy groups -OCH3 is 1. The predicted molar refractivity (Wildman–Crippen MR) is 119 cm³/mol. The van der Waals surface area contributed by atoms with E-state index in [1.807, 2.05) is 0 Å². The van der Waals surface area contributed by atoms with Crippen molar-refractivity contribution in [1.29, 1.82) is 0 Å². The molecule has 0 radical (unpaired) electrons. The number of halogens is 5. The Bertz CT molecular complexity index is 1450. The van der Waals surface area contributed by atoms with Gasteiger partial charge in [-0.25, -0.2) is 28.7 Å². The minimum absolute atomic E-state index is 0.100. The van der Waals surface area contributed by atoms with Crippen LogP contribution in [0.3, 0.4) is 0 Å². The van der Waals surface area contributed by atoms with Crippen molar-refractivity contribution in [2.24, 2.45) is 7.05 Å². The fourth-order valence-corrected chi connectivity index (χ4v) is 3.87. The molecule has 0 aliphatic heterocycles. The summed E-state index contributed by atoms with van der Waals surface area (Å²) in [6.07, 6.45) is 0.753. The van der Waals surface area contributed by atoms with Crippen LogP contribution in [0.2, 0.25) is 0 Å². The van der Waals surface area contributed by atoms with Crippen molar-refractivity contribution in [3.05, 3.63) is 65.5 Å². The van der Waals surface area contributed by atoms with Crippen LogP contribution in [0.1, 0.15) is 35.7 Å². The molecule has 8 nitrogen and oxygen atoms in total. The summed E-state index contributed by atoms with van der Waals surface area (Å²) in [5, 5.41) is 0. The molecule has 0 amide bonds. The molecule has 0 N–H and O–H groups in total. The minimum atomic E-state index is -4.75. The molecule has 0 bridgehead atoms. The normalized spacial score (nSPS) is 13.6. The minimum Gasteiger partial charge on any atom is -0.480 e. The van der Waals surface area contributed by atoms with Gasteiger partial charge < -0.3 is 14.0 Å². The van der Waals surface area contributed by atoms with E-state index in [1.54, 1.807) is 0 Å². The highest BCUT2D eigenvalue weighted by Crippen LogP contribution is 2.45. The predicted octanol–water partition coefficient (Wildman–Crippen LogP) is 5.10. The lowest BCUT2D eigenvalue weighted by Gasteiger charge is -2.12. The lowest BCUT2D eigenvalue weighted by Crippen LogP contribution is -2.05. The van der Waals surface area contributed by atoms with Crippen LogP contribution in [0.15, 0.2) is 36.9 Å². The van der Waals surface area contributed by atoms with Gasteiger partial charge in [0.1, 0.15) is 36.0 Å². The number of hydrogen-bond donors (Lipinski definition) is 0. The zero-order chi connectivity index (χ0) is 26.3. The van der Waals surface area contributed by atoms with Crippen LogP contribution in [0.4, 0.5) is 22.0 Å². The Morgan fingerprint density at radius 2 is 1.76 bits per heavy atom. The molecule has 192 valence electrons. The number of alkyl halides is 3. The van der Waals surface area contributed by atoms with Crippen LogP contribution >= 0.6 is 0 Å². The fourth-order valence-electron chi connectivity index (χ4n) is 3.87. The Hall–Kier alpha value is -4.16. The highest BCUT2D eigenvalue weighted by molar-refractivity contribution is 5.66. The summed E-state index contributed by atoms with van der Waals surface area (Å²) in [4.78, 5) is 20.5. The third-order valence-electron chi connectivity index (χ3n) is 5.73. The molecule has 1 aromatic carbocycles. The van der Waals surface area contributed by atoms with Crippen LogP contribution in [0, 0.1) is 11.6 Å². The molecule has 0 saturated heterocycles. The molecule has 3 heterocycles. The molecular formula is C24H19F5N6O2. The summed E-state index contributed by atoms with van der Waals surface area (Å²) in [6, 6.07) is 3.42. The van der Waals surface area contributed by atoms with Gasteiger partial charge in [-0.2, -0.15) is 18.2 Å². The van der Waals surface area contributed by atoms with Gasteiger partial charge in [0.15, 0.2) is 11.5 Å². The zero-order valence-corrected chi connectivity index (χ0v) is 19.6. The van der Waals surface area contributed by atoms with Gasteiger partial charge in [0.05, 0.1) is 18.4 Å². The summed E-state index contributed by atoms with van der Waals surface area (Å²) in [5.41, 5.74) is -0.501. The van der Waals surface area contributed by atoms with Gasteiger partial charge in [-0.05, 0) is 30.5 Å². The molecule has 1 aliphatic carbocycles. The number of rotatable bonds is 7. The maximum Gasteiger partial charge on any atom is 0.434 e. The third-order valence-corrected chi connectivity index (χ3v) is 5.73. The van der Waals surface area contributed by atoms with Crippen LogP contribution < -0.4 is 9.47 Å². The van der Waals surface area contributed by atoms with Crippen molar-refractivity contribution in [2.75, 3.05) is 7.11 Å². The van der Waals surface area contributed by atoms with Gasteiger partial charge >= 0.3 is 6.18 Å². The fraction of sp³-hybridized carbons (Fsp3) is 0.292. The third kappa shape index (κ3) is 4.93. The highest BCUT2D eigenvalue weighted by atomic mass is 19.4. The van der Waals surface area contributed by atoms with Crippen molar-refractivity contribution in [3.63, 3.8) is 0 Å². The molecule has 1 fully saturated rings. The van der Waals surface area contributed by atoms with Crippen molar-refractivity contribution >= 4 is 0 Å². The van der Waals surface area contributed by atoms with Crippen LogP contribution in [0.5, 0.6) is 11.8 Å². The first-order chi connectivity index (χ1) is 17.7. The van der Waals surface area contributed by atoms with Gasteiger partial charge in [-0.1, -0.05) is 0 Å². The van der Waals surface area contributed by atoms with Gasteiger partial charge in [-0.3, -0.25) is 0 Å². The lowest BCUT2D eigenvalue weighted by molar-refractivity contribution is -0.140. The number of nitrogens with zero attached hydrogens (tertiary/aromatic N) is 6. The zero-order valence-electron chi connectivity index (χ0n) is 19.6. The summed E-state index contributed by atoms with van der Waals surface area (Å²) in [7, 11) is 2.70. The first-order valence-corrected chi connectivity index (χ1v) is 11.1. The molecule has 0 atom stereocenters. The van der Waals surface area contributed by atoms with E-state index < -0.39 is 34.9 Å². The maximum absolute atomic E-state index is 14.8. The average molecular weight is 518 g/mol. The Morgan fingerprint density at radius 1 is 1.03 bits per heavy atom. The first kappa shape index (κ1) is 24.5. The smallest absolute Gasteiger partial charge is 0.434 e. The summed E-state index contributed by atoms with van der Waals surface area (Å²) < 4.78 is 80.4. The first-order valence-electron chi connectivity index (χ1n) is 11.1. The number of aryl methyl sites for hydroxylation is 1. The molecule has 37 heavy (non-hydrogen) atoms. The van der Waals surface area contributed by atoms with Crippen molar-refractivity contribution in [1.82, 2.24) is 29.5 Å². The Kier molecular flexibility index (Phi) is 6.21. The SMILES string of the molecule is COc1ncnc(C2CC2)c1-c1nccc(OCc2cc(F)c(-c3nc(C(F)(F)F)cn3C)c(F)c2)n1. The van der Waals surface area contributed by atoms with Crippen molar-refractivity contribution in [2.45, 2.75) is 31.5 Å². The molecule has 0 unspecified atom stereocenters. The van der Waals surface area contributed by atoms with E-state index in [4.69, 9.17) is 9.47 Å². The van der Waals surface area contributed by atoms with E-state index >= 15 is 0 Å². The molecular weight excluding hydrogens is 499 g/mol. The number of aromatic nitrogens is 6. The summed E-state index contributed by atoms with van der Waals surface area (Å²) in [5.74, 6) is -1.66. The second-order valence-corrected chi connectivity index (χ2v) is 8.42. The summed E-state index contributed by atoms with van der Waals surface area (Å²) >= 11 is 0. The van der Waals surface area contributed by atoms with Crippen LogP contribution in [-0.2, 0) is 19.8 Å². The van der Waals surface area contributed by atoms with Crippen molar-refractivity contribution in [3.8, 4) is 34.5 Å². The number of hydrogen-bond acceptors (Lipinski definition) is 7. The van der Waals surface area contributed by atoms with Gasteiger partial charge in [0.2, 0.25) is 11.8 Å². The van der Waals surface area contributed by atoms with Gasteiger partial charge in [0.25, 0.3) is 0 Å². The van der Waals surface area contributed by atoms with E-state index in [0.717, 1.165) is 35.2 Å². The molecule has 1 aliphatic rings. The van der Waals surface area contributed by atoms with Crippen molar-refractivity contribution < 1.29 is 31.4 Å². The van der Waals surface area contributed by atoms with Gasteiger partial charge in [0, 0.05) is 31.4 Å². The largest absolute Gasteiger partial charge is 0.480 e. The Morgan fingerprint density at radius 3 is 2.38 bits per heavy atom. The average Bonchev–Trinajstić information content (AvgIpc) is 3.63. The number of benzene rings is 1. The second-order valence-electron chi connectivity index (χ2n) is 8.42. The lowest BCUT2D eigenvalue weighted by atomic mass is 10.1. The van der Waals surface area contributed by atoms with E-state index in [2.05, 4.69) is 24.9 Å². The molecule has 13 heteroatoms.